The summed E-state index contributed by atoms with van der Waals surface area (Å²) in [7, 11) is 0. The highest BCUT2D eigenvalue weighted by Crippen LogP contribution is 2.59. The quantitative estimate of drug-likeness (QED) is 0.448. The molecule has 3 aromatic carbocycles. The zero-order valence-corrected chi connectivity index (χ0v) is 16.8. The average Bonchev–Trinajstić information content (AvgIpc) is 3.20. The maximum atomic E-state index is 4.36. The molecule has 0 atom stereocenters. The van der Waals surface area contributed by atoms with Gasteiger partial charge >= 0.3 is 0 Å². The Balaban J connectivity index is 1.75. The molecule has 0 aromatic heterocycles. The second-order valence-corrected chi connectivity index (χ2v) is 8.65. The van der Waals surface area contributed by atoms with E-state index in [1.807, 2.05) is 29.6 Å². The van der Waals surface area contributed by atoms with Gasteiger partial charge in [-0.2, -0.15) is 0 Å². The third kappa shape index (κ3) is 3.83. The third-order valence-electron chi connectivity index (χ3n) is 4.55. The van der Waals surface area contributed by atoms with Gasteiger partial charge in [0.05, 0.1) is 4.24 Å². The summed E-state index contributed by atoms with van der Waals surface area (Å²) in [5.74, 6) is 0. The lowest BCUT2D eigenvalue weighted by Gasteiger charge is -2.10. The van der Waals surface area contributed by atoms with E-state index in [1.165, 1.54) is 36.3 Å². The first kappa shape index (κ1) is 18.0. The van der Waals surface area contributed by atoms with Crippen LogP contribution in [0.15, 0.2) is 107 Å². The van der Waals surface area contributed by atoms with Crippen LogP contribution in [-0.4, -0.2) is 0 Å². The second kappa shape index (κ2) is 8.08. The lowest BCUT2D eigenvalue weighted by Crippen LogP contribution is -1.86. The molecule has 2 heteroatoms. The number of hydrogen-bond acceptors (Lipinski definition) is 2. The number of rotatable bonds is 4. The minimum absolute atomic E-state index is 1.09. The van der Waals surface area contributed by atoms with Crippen molar-refractivity contribution in [2.45, 2.75) is 6.92 Å². The molecule has 4 rings (SSSR count). The molecule has 0 amide bonds. The van der Waals surface area contributed by atoms with Crippen molar-refractivity contribution in [3.63, 3.8) is 0 Å². The van der Waals surface area contributed by atoms with Crippen molar-refractivity contribution in [3.8, 4) is 0 Å². The van der Waals surface area contributed by atoms with Crippen LogP contribution in [0.2, 0.25) is 0 Å². The standard InChI is InChI=1S/C25H20S2/c1-18(20-12-6-3-7-13-20)19(2)25-26-23(21-14-8-4-9-15-21)24(27-25)22-16-10-5-11-17-22/h3-17H,1H2,2H3. The van der Waals surface area contributed by atoms with Crippen molar-refractivity contribution < 1.29 is 0 Å². The predicted octanol–water partition coefficient (Wildman–Crippen LogP) is 7.94. The Morgan fingerprint density at radius 3 is 1.48 bits per heavy atom. The Bertz CT molecular complexity index is 960. The number of thioether (sulfide) groups is 2. The fourth-order valence-corrected chi connectivity index (χ4v) is 5.76. The van der Waals surface area contributed by atoms with Crippen molar-refractivity contribution in [2.75, 3.05) is 0 Å². The van der Waals surface area contributed by atoms with Gasteiger partial charge in [0.1, 0.15) is 0 Å². The summed E-state index contributed by atoms with van der Waals surface area (Å²) < 4.78 is 1.31. The predicted molar refractivity (Wildman–Crippen MR) is 123 cm³/mol. The molecule has 27 heavy (non-hydrogen) atoms. The van der Waals surface area contributed by atoms with Gasteiger partial charge in [-0.05, 0) is 34.8 Å². The maximum Gasteiger partial charge on any atom is 0.0535 e. The first-order chi connectivity index (χ1) is 13.2. The highest BCUT2D eigenvalue weighted by atomic mass is 32.2. The molecule has 1 aliphatic heterocycles. The summed E-state index contributed by atoms with van der Waals surface area (Å²) in [6, 6.07) is 31.7. The highest BCUT2D eigenvalue weighted by molar-refractivity contribution is 8.34. The molecule has 0 spiro atoms. The Labute approximate surface area is 169 Å². The van der Waals surface area contributed by atoms with Crippen LogP contribution in [0.25, 0.3) is 15.4 Å². The molecular weight excluding hydrogens is 364 g/mol. The van der Waals surface area contributed by atoms with Crippen molar-refractivity contribution in [3.05, 3.63) is 124 Å². The summed E-state index contributed by atoms with van der Waals surface area (Å²) in [5.41, 5.74) is 6.05. The average molecular weight is 385 g/mol. The molecule has 0 radical (unpaired) electrons. The summed E-state index contributed by atoms with van der Waals surface area (Å²) in [6.45, 7) is 6.54. The lowest BCUT2D eigenvalue weighted by atomic mass is 10.0. The second-order valence-electron chi connectivity index (χ2n) is 6.35. The van der Waals surface area contributed by atoms with Gasteiger partial charge in [-0.15, -0.1) is 0 Å². The first-order valence-electron chi connectivity index (χ1n) is 8.90. The van der Waals surface area contributed by atoms with Crippen LogP contribution in [0, 0.1) is 0 Å². The topological polar surface area (TPSA) is 0 Å². The van der Waals surface area contributed by atoms with E-state index in [0.29, 0.717) is 0 Å². The van der Waals surface area contributed by atoms with E-state index in [4.69, 9.17) is 0 Å². The maximum absolute atomic E-state index is 4.36. The molecule has 132 valence electrons. The molecule has 1 aliphatic rings. The van der Waals surface area contributed by atoms with Crippen molar-refractivity contribution >= 4 is 38.9 Å². The number of hydrogen-bond donors (Lipinski definition) is 0. The molecule has 0 unspecified atom stereocenters. The largest absolute Gasteiger partial charge is 0.0908 e. The Hall–Kier alpha value is -2.42. The minimum atomic E-state index is 1.09. The van der Waals surface area contributed by atoms with E-state index in [0.717, 1.165) is 5.57 Å². The molecule has 0 nitrogen and oxygen atoms in total. The Kier molecular flexibility index (Phi) is 5.38. The lowest BCUT2D eigenvalue weighted by molar-refractivity contribution is 1.51. The molecule has 0 fully saturated rings. The van der Waals surface area contributed by atoms with Gasteiger partial charge in [-0.3, -0.25) is 0 Å². The zero-order chi connectivity index (χ0) is 18.6. The number of benzene rings is 3. The monoisotopic (exact) mass is 384 g/mol. The van der Waals surface area contributed by atoms with Crippen LogP contribution >= 0.6 is 23.5 Å². The summed E-state index contributed by atoms with van der Waals surface area (Å²) in [6.07, 6.45) is 0. The Morgan fingerprint density at radius 2 is 1.04 bits per heavy atom. The fourth-order valence-electron chi connectivity index (χ4n) is 2.99. The van der Waals surface area contributed by atoms with Crippen LogP contribution in [0.1, 0.15) is 23.6 Å². The van der Waals surface area contributed by atoms with Gasteiger partial charge < -0.3 is 0 Å². The van der Waals surface area contributed by atoms with Crippen molar-refractivity contribution in [1.82, 2.24) is 0 Å². The van der Waals surface area contributed by atoms with Crippen molar-refractivity contribution in [2.24, 2.45) is 0 Å². The molecule has 0 N–H and O–H groups in total. The number of allylic oxidation sites excluding steroid dienone is 2. The van der Waals surface area contributed by atoms with E-state index in [1.54, 1.807) is 0 Å². The molecule has 0 bridgehead atoms. The molecule has 0 saturated carbocycles. The van der Waals surface area contributed by atoms with Crippen molar-refractivity contribution in [1.29, 1.82) is 0 Å². The van der Waals surface area contributed by atoms with Crippen LogP contribution in [-0.2, 0) is 0 Å². The van der Waals surface area contributed by atoms with E-state index in [-0.39, 0.29) is 0 Å². The summed E-state index contributed by atoms with van der Waals surface area (Å²) in [4.78, 5) is 2.64. The van der Waals surface area contributed by atoms with Gasteiger partial charge in [0.2, 0.25) is 0 Å². The molecule has 1 heterocycles. The van der Waals surface area contributed by atoms with Gasteiger partial charge in [0, 0.05) is 9.81 Å². The molecule has 3 aromatic rings. The summed E-state index contributed by atoms with van der Waals surface area (Å²) in [5, 5.41) is 0. The minimum Gasteiger partial charge on any atom is -0.0908 e. The van der Waals surface area contributed by atoms with E-state index >= 15 is 0 Å². The zero-order valence-electron chi connectivity index (χ0n) is 15.2. The van der Waals surface area contributed by atoms with Gasteiger partial charge in [-0.25, -0.2) is 0 Å². The SMILES string of the molecule is C=C(C(C)=C1SC(c2ccccc2)=C(c2ccccc2)S1)c1ccccc1. The Morgan fingerprint density at radius 1 is 0.630 bits per heavy atom. The highest BCUT2D eigenvalue weighted by Gasteiger charge is 2.25. The molecule has 0 aliphatic carbocycles. The van der Waals surface area contributed by atoms with Crippen LogP contribution in [0.4, 0.5) is 0 Å². The van der Waals surface area contributed by atoms with Crippen LogP contribution < -0.4 is 0 Å². The van der Waals surface area contributed by atoms with Gasteiger partial charge in [0.15, 0.2) is 0 Å². The van der Waals surface area contributed by atoms with E-state index < -0.39 is 0 Å². The van der Waals surface area contributed by atoms with E-state index in [2.05, 4.69) is 98.4 Å². The smallest absolute Gasteiger partial charge is 0.0535 e. The van der Waals surface area contributed by atoms with Crippen LogP contribution in [0.5, 0.6) is 0 Å². The normalized spacial score (nSPS) is 13.7. The molecule has 0 saturated heterocycles. The third-order valence-corrected chi connectivity index (χ3v) is 7.45. The van der Waals surface area contributed by atoms with Gasteiger partial charge in [-0.1, -0.05) is 121 Å². The van der Waals surface area contributed by atoms with E-state index in [9.17, 15) is 0 Å². The molecular formula is C25H20S2. The first-order valence-corrected chi connectivity index (χ1v) is 10.5. The summed E-state index contributed by atoms with van der Waals surface area (Å²) >= 11 is 3.72. The fraction of sp³-hybridized carbons (Fsp3) is 0.0400. The van der Waals surface area contributed by atoms with Crippen LogP contribution in [0.3, 0.4) is 0 Å². The van der Waals surface area contributed by atoms with Gasteiger partial charge in [0.25, 0.3) is 0 Å².